The number of furan rings is 1. The molecule has 1 heterocycles. The predicted molar refractivity (Wildman–Crippen MR) is 105 cm³/mol. The Bertz CT molecular complexity index is 848. The molecule has 0 saturated carbocycles. The van der Waals surface area contributed by atoms with Crippen molar-refractivity contribution >= 4 is 29.1 Å². The first-order chi connectivity index (χ1) is 12.3. The van der Waals surface area contributed by atoms with Crippen LogP contribution in [0.3, 0.4) is 0 Å². The summed E-state index contributed by atoms with van der Waals surface area (Å²) in [5.74, 6) is 1.46. The van der Waals surface area contributed by atoms with Gasteiger partial charge in [0.05, 0.1) is 0 Å². The molecule has 138 valence electrons. The van der Waals surface area contributed by atoms with Gasteiger partial charge in [-0.2, -0.15) is 0 Å². The number of hydrogen-bond acceptors (Lipinski definition) is 4. The Labute approximate surface area is 158 Å². The number of nitrogens with two attached hydrogens (primary N) is 1. The van der Waals surface area contributed by atoms with E-state index in [9.17, 15) is 4.79 Å². The predicted octanol–water partition coefficient (Wildman–Crippen LogP) is 3.90. The van der Waals surface area contributed by atoms with Gasteiger partial charge in [-0.3, -0.25) is 4.79 Å². The van der Waals surface area contributed by atoms with E-state index in [1.807, 2.05) is 36.4 Å². The van der Waals surface area contributed by atoms with Gasteiger partial charge in [0, 0.05) is 6.54 Å². The molecule has 6 heteroatoms. The van der Waals surface area contributed by atoms with Crippen LogP contribution in [0.2, 0.25) is 0 Å². The maximum atomic E-state index is 12.0. The van der Waals surface area contributed by atoms with E-state index in [2.05, 4.69) is 11.4 Å². The van der Waals surface area contributed by atoms with E-state index in [0.29, 0.717) is 24.6 Å². The molecule has 0 aliphatic rings. The summed E-state index contributed by atoms with van der Waals surface area (Å²) in [4.78, 5) is 12.0. The molecule has 0 aliphatic carbocycles. The van der Waals surface area contributed by atoms with E-state index in [-0.39, 0.29) is 24.9 Å². The highest BCUT2D eigenvalue weighted by molar-refractivity contribution is 5.91. The minimum absolute atomic E-state index is 0. The second kappa shape index (κ2) is 9.85. The number of rotatable bonds is 8. The summed E-state index contributed by atoms with van der Waals surface area (Å²) in [6.07, 6.45) is 1.75. The number of halogens is 1. The lowest BCUT2D eigenvalue weighted by molar-refractivity contribution is 0.0921. The molecule has 0 saturated heterocycles. The molecule has 3 aromatic rings. The molecular weight excluding hydrogens is 352 g/mol. The van der Waals surface area contributed by atoms with E-state index in [4.69, 9.17) is 14.9 Å². The van der Waals surface area contributed by atoms with Gasteiger partial charge >= 0.3 is 0 Å². The van der Waals surface area contributed by atoms with Crippen molar-refractivity contribution in [2.45, 2.75) is 19.4 Å². The Kier molecular flexibility index (Phi) is 7.51. The van der Waals surface area contributed by atoms with Crippen LogP contribution >= 0.6 is 12.4 Å². The molecule has 0 spiro atoms. The molecule has 3 N–H and O–H groups in total. The number of carbonyl (C=O) groups is 1. The molecule has 3 rings (SSSR count). The standard InChI is InChI=1S/C20H22N2O3.ClH/c21-11-3-4-12-22-20(23)19-10-9-18(25-19)14-24-17-8-7-15-5-1-2-6-16(15)13-17;/h1-2,5-10,13H,3-4,11-12,14,21H2,(H,22,23);1H. The van der Waals surface area contributed by atoms with Crippen LogP contribution < -0.4 is 15.8 Å². The molecule has 2 aromatic carbocycles. The molecule has 26 heavy (non-hydrogen) atoms. The topological polar surface area (TPSA) is 77.5 Å². The van der Waals surface area contributed by atoms with Crippen molar-refractivity contribution in [3.63, 3.8) is 0 Å². The lowest BCUT2D eigenvalue weighted by atomic mass is 10.1. The molecule has 1 amide bonds. The normalized spacial score (nSPS) is 10.3. The highest BCUT2D eigenvalue weighted by atomic mass is 35.5. The Morgan fingerprint density at radius 1 is 1.04 bits per heavy atom. The molecule has 0 aliphatic heterocycles. The summed E-state index contributed by atoms with van der Waals surface area (Å²) in [6.45, 7) is 1.51. The van der Waals surface area contributed by atoms with E-state index in [1.165, 1.54) is 5.39 Å². The van der Waals surface area contributed by atoms with Gasteiger partial charge < -0.3 is 20.2 Å². The summed E-state index contributed by atoms with van der Waals surface area (Å²) < 4.78 is 11.3. The summed E-state index contributed by atoms with van der Waals surface area (Å²) >= 11 is 0. The van der Waals surface area contributed by atoms with Crippen LogP contribution in [0.4, 0.5) is 0 Å². The fraction of sp³-hybridized carbons (Fsp3) is 0.250. The molecular formula is C20H23ClN2O3. The Hall–Kier alpha value is -2.50. The third-order valence-corrected chi connectivity index (χ3v) is 3.90. The number of ether oxygens (including phenoxy) is 1. The minimum atomic E-state index is -0.214. The van der Waals surface area contributed by atoms with Gasteiger partial charge in [0.15, 0.2) is 5.76 Å². The van der Waals surface area contributed by atoms with Crippen molar-refractivity contribution in [2.75, 3.05) is 13.1 Å². The molecule has 0 atom stereocenters. The third kappa shape index (κ3) is 5.25. The SMILES string of the molecule is Cl.NCCCCNC(=O)c1ccc(COc2ccc3ccccc3c2)o1. The fourth-order valence-corrected chi connectivity index (χ4v) is 2.55. The van der Waals surface area contributed by atoms with Gasteiger partial charge in [0.2, 0.25) is 0 Å². The fourth-order valence-electron chi connectivity index (χ4n) is 2.55. The van der Waals surface area contributed by atoms with Crippen LogP contribution in [0.1, 0.15) is 29.2 Å². The monoisotopic (exact) mass is 374 g/mol. The van der Waals surface area contributed by atoms with Gasteiger partial charge in [-0.05, 0) is 54.4 Å². The lowest BCUT2D eigenvalue weighted by Gasteiger charge is -2.06. The second-order valence-corrected chi connectivity index (χ2v) is 5.82. The largest absolute Gasteiger partial charge is 0.486 e. The number of unbranched alkanes of at least 4 members (excludes halogenated alkanes) is 1. The zero-order valence-corrected chi connectivity index (χ0v) is 15.3. The number of hydrogen-bond donors (Lipinski definition) is 2. The molecule has 1 aromatic heterocycles. The van der Waals surface area contributed by atoms with Crippen LogP contribution in [-0.4, -0.2) is 19.0 Å². The van der Waals surface area contributed by atoms with Crippen molar-refractivity contribution in [1.82, 2.24) is 5.32 Å². The Morgan fingerprint density at radius 2 is 1.85 bits per heavy atom. The minimum Gasteiger partial charge on any atom is -0.486 e. The molecule has 0 fully saturated rings. The molecule has 5 nitrogen and oxygen atoms in total. The summed E-state index contributed by atoms with van der Waals surface area (Å²) in [7, 11) is 0. The van der Waals surface area contributed by atoms with Crippen molar-refractivity contribution in [3.8, 4) is 5.75 Å². The smallest absolute Gasteiger partial charge is 0.286 e. The van der Waals surface area contributed by atoms with Crippen LogP contribution in [-0.2, 0) is 6.61 Å². The van der Waals surface area contributed by atoms with Gasteiger partial charge in [0.25, 0.3) is 5.91 Å². The average molecular weight is 375 g/mol. The van der Waals surface area contributed by atoms with Gasteiger partial charge in [-0.25, -0.2) is 0 Å². The maximum absolute atomic E-state index is 12.0. The molecule has 0 bridgehead atoms. The van der Waals surface area contributed by atoms with Crippen LogP contribution in [0, 0.1) is 0 Å². The van der Waals surface area contributed by atoms with E-state index in [0.717, 1.165) is 24.0 Å². The van der Waals surface area contributed by atoms with Crippen LogP contribution in [0.15, 0.2) is 59.0 Å². The van der Waals surface area contributed by atoms with Gasteiger partial charge in [-0.15, -0.1) is 12.4 Å². The van der Waals surface area contributed by atoms with Crippen molar-refractivity contribution in [2.24, 2.45) is 5.73 Å². The van der Waals surface area contributed by atoms with E-state index >= 15 is 0 Å². The van der Waals surface area contributed by atoms with E-state index in [1.54, 1.807) is 12.1 Å². The first-order valence-electron chi connectivity index (χ1n) is 8.45. The van der Waals surface area contributed by atoms with Crippen LogP contribution in [0.25, 0.3) is 10.8 Å². The van der Waals surface area contributed by atoms with Crippen molar-refractivity contribution in [3.05, 3.63) is 66.1 Å². The van der Waals surface area contributed by atoms with Gasteiger partial charge in [0.1, 0.15) is 18.1 Å². The van der Waals surface area contributed by atoms with Gasteiger partial charge in [-0.1, -0.05) is 30.3 Å². The number of nitrogens with one attached hydrogen (secondary N) is 1. The number of fused-ring (bicyclic) bond motifs is 1. The highest BCUT2D eigenvalue weighted by Crippen LogP contribution is 2.21. The maximum Gasteiger partial charge on any atom is 0.286 e. The number of amides is 1. The van der Waals surface area contributed by atoms with E-state index < -0.39 is 0 Å². The zero-order chi connectivity index (χ0) is 17.5. The average Bonchev–Trinajstić information content (AvgIpc) is 3.12. The van der Waals surface area contributed by atoms with Crippen LogP contribution in [0.5, 0.6) is 5.75 Å². The lowest BCUT2D eigenvalue weighted by Crippen LogP contribution is -2.24. The number of carbonyl (C=O) groups excluding carboxylic acids is 1. The molecule has 0 unspecified atom stereocenters. The highest BCUT2D eigenvalue weighted by Gasteiger charge is 2.11. The summed E-state index contributed by atoms with van der Waals surface area (Å²) in [5.41, 5.74) is 5.43. The molecule has 0 radical (unpaired) electrons. The first kappa shape index (κ1) is 19.8. The summed E-state index contributed by atoms with van der Waals surface area (Å²) in [5, 5.41) is 5.10. The van der Waals surface area contributed by atoms with Crippen molar-refractivity contribution in [1.29, 1.82) is 0 Å². The Balaban J connectivity index is 0.00000243. The summed E-state index contributed by atoms with van der Waals surface area (Å²) in [6, 6.07) is 17.5. The zero-order valence-electron chi connectivity index (χ0n) is 14.4. The second-order valence-electron chi connectivity index (χ2n) is 5.82. The Morgan fingerprint density at radius 3 is 2.65 bits per heavy atom. The third-order valence-electron chi connectivity index (χ3n) is 3.90. The van der Waals surface area contributed by atoms with Crippen molar-refractivity contribution < 1.29 is 13.9 Å². The first-order valence-corrected chi connectivity index (χ1v) is 8.45. The number of benzene rings is 2. The quantitative estimate of drug-likeness (QED) is 0.586.